The van der Waals surface area contributed by atoms with E-state index in [-0.39, 0.29) is 19.4 Å². The highest BCUT2D eigenvalue weighted by Crippen LogP contribution is 2.50. The van der Waals surface area contributed by atoms with Gasteiger partial charge in [0.25, 0.3) is 0 Å². The lowest BCUT2D eigenvalue weighted by atomic mass is 10.1. The molecule has 3 aromatic carbocycles. The molecule has 33 heavy (non-hydrogen) atoms. The lowest BCUT2D eigenvalue weighted by Crippen LogP contribution is -2.39. The van der Waals surface area contributed by atoms with Crippen molar-refractivity contribution in [3.63, 3.8) is 0 Å². The molecule has 1 N–H and O–H groups in total. The molecule has 0 bridgehead atoms. The Hall–Kier alpha value is -2.00. The van der Waals surface area contributed by atoms with Crippen LogP contribution in [0.1, 0.15) is 25.0 Å². The van der Waals surface area contributed by atoms with E-state index in [1.54, 1.807) is 13.8 Å². The molecule has 0 aliphatic heterocycles. The van der Waals surface area contributed by atoms with Gasteiger partial charge in [-0.15, -0.1) is 0 Å². The van der Waals surface area contributed by atoms with E-state index < -0.39 is 20.9 Å². The summed E-state index contributed by atoms with van der Waals surface area (Å²) >= 11 is 0. The van der Waals surface area contributed by atoms with Crippen molar-refractivity contribution in [2.45, 2.75) is 33.2 Å². The van der Waals surface area contributed by atoms with E-state index in [4.69, 9.17) is 9.05 Å². The van der Waals surface area contributed by atoms with Gasteiger partial charge in [-0.25, -0.2) is 0 Å². The maximum atomic E-state index is 14.6. The van der Waals surface area contributed by atoms with Crippen molar-refractivity contribution in [2.75, 3.05) is 19.4 Å². The third kappa shape index (κ3) is 6.99. The van der Waals surface area contributed by atoms with Crippen LogP contribution in [-0.4, -0.2) is 25.4 Å². The maximum Gasteiger partial charge on any atom is 0.332 e. The van der Waals surface area contributed by atoms with Crippen LogP contribution in [0.4, 0.5) is 0 Å². The molecule has 1 atom stereocenters. The summed E-state index contributed by atoms with van der Waals surface area (Å²) in [6, 6.07) is 26.6. The van der Waals surface area contributed by atoms with Gasteiger partial charge >= 0.3 is 7.60 Å². The smallest absolute Gasteiger partial charge is 0.309 e. The Balaban J connectivity index is 2.02. The summed E-state index contributed by atoms with van der Waals surface area (Å²) in [7, 11) is -6.61. The first-order chi connectivity index (χ1) is 15.9. The Morgan fingerprint density at radius 3 is 1.70 bits per heavy atom. The zero-order valence-corrected chi connectivity index (χ0v) is 21.3. The molecule has 0 spiro atoms. The van der Waals surface area contributed by atoms with Crippen LogP contribution in [-0.2, 0) is 24.6 Å². The highest BCUT2D eigenvalue weighted by Gasteiger charge is 2.35. The second-order valence-corrected chi connectivity index (χ2v) is 12.5. The van der Waals surface area contributed by atoms with E-state index in [1.807, 2.05) is 91.9 Å². The predicted octanol–water partition coefficient (Wildman–Crippen LogP) is 5.69. The average Bonchev–Trinajstić information content (AvgIpc) is 2.82. The van der Waals surface area contributed by atoms with Gasteiger partial charge in [0.05, 0.1) is 19.4 Å². The molecule has 0 saturated heterocycles. The van der Waals surface area contributed by atoms with Crippen LogP contribution in [0.25, 0.3) is 0 Å². The third-order valence-electron chi connectivity index (χ3n) is 5.30. The molecule has 3 aromatic rings. The molecular weight excluding hydrogens is 452 g/mol. The lowest BCUT2D eigenvalue weighted by molar-refractivity contribution is 0.218. The summed E-state index contributed by atoms with van der Waals surface area (Å²) in [6.07, 6.45) is 0.653. The number of hydrogen-bond donors (Lipinski definition) is 1. The van der Waals surface area contributed by atoms with Crippen molar-refractivity contribution in [3.8, 4) is 0 Å². The van der Waals surface area contributed by atoms with Crippen LogP contribution in [0.5, 0.6) is 0 Å². The van der Waals surface area contributed by atoms with Crippen LogP contribution >= 0.6 is 14.9 Å². The predicted molar refractivity (Wildman–Crippen MR) is 137 cm³/mol. The molecule has 3 rings (SSSR count). The van der Waals surface area contributed by atoms with Gasteiger partial charge in [-0.3, -0.25) is 14.2 Å². The second-order valence-electron chi connectivity index (χ2n) is 7.93. The Labute approximate surface area is 197 Å². The van der Waals surface area contributed by atoms with E-state index in [0.717, 1.165) is 11.1 Å². The van der Waals surface area contributed by atoms with E-state index in [0.29, 0.717) is 17.0 Å². The number of nitrogens with one attached hydrogen (secondary N) is 1. The number of rotatable bonds is 12. The van der Waals surface area contributed by atoms with Crippen LogP contribution in [0.15, 0.2) is 84.9 Å². The molecule has 0 radical (unpaired) electrons. The SMILES string of the molecule is CCOP(=O)(CC(Cc1ccc(C)cc1)NP(=O)(c1ccccc1)c1ccccc1)OCC. The first-order valence-electron chi connectivity index (χ1n) is 11.3. The van der Waals surface area contributed by atoms with Gasteiger partial charge in [-0.1, -0.05) is 66.2 Å². The fraction of sp³-hybridized carbons (Fsp3) is 0.308. The minimum atomic E-state index is -3.37. The summed E-state index contributed by atoms with van der Waals surface area (Å²) in [5.74, 6) is 0. The normalized spacial score (nSPS) is 13.1. The Bertz CT molecular complexity index is 1030. The highest BCUT2D eigenvalue weighted by atomic mass is 31.2. The Morgan fingerprint density at radius 1 is 0.758 bits per heavy atom. The van der Waals surface area contributed by atoms with Gasteiger partial charge in [-0.2, -0.15) is 0 Å². The first kappa shape index (κ1) is 25.6. The van der Waals surface area contributed by atoms with Crippen molar-refractivity contribution in [3.05, 3.63) is 96.1 Å². The summed E-state index contributed by atoms with van der Waals surface area (Å²) in [5.41, 5.74) is 2.22. The molecule has 7 heteroatoms. The molecule has 0 amide bonds. The van der Waals surface area contributed by atoms with Crippen LogP contribution in [0.3, 0.4) is 0 Å². The molecule has 1 unspecified atom stereocenters. The standard InChI is InChI=1S/C26H33NO4P2/c1-4-30-32(28,31-5-2)21-24(20-23-18-16-22(3)17-19-23)27-33(29,25-12-8-6-9-13-25)26-14-10-7-11-15-26/h6-19,24H,4-5,20-21H2,1-3H3,(H,27,29). The van der Waals surface area contributed by atoms with Crippen LogP contribution < -0.4 is 15.7 Å². The van der Waals surface area contributed by atoms with E-state index in [2.05, 4.69) is 5.09 Å². The van der Waals surface area contributed by atoms with Gasteiger partial charge in [-0.05, 0) is 57.0 Å². The first-order valence-corrected chi connectivity index (χ1v) is 14.7. The quantitative estimate of drug-likeness (QED) is 0.334. The number of hydrogen-bond acceptors (Lipinski definition) is 4. The molecule has 0 aliphatic rings. The molecule has 5 nitrogen and oxygen atoms in total. The minimum Gasteiger partial charge on any atom is -0.309 e. The largest absolute Gasteiger partial charge is 0.332 e. The molecule has 0 fully saturated rings. The Morgan fingerprint density at radius 2 is 1.24 bits per heavy atom. The maximum absolute atomic E-state index is 14.6. The second kappa shape index (κ2) is 11.9. The van der Waals surface area contributed by atoms with Gasteiger partial charge < -0.3 is 9.05 Å². The molecule has 0 aromatic heterocycles. The Kier molecular flexibility index (Phi) is 9.26. The molecule has 0 aliphatic carbocycles. The molecule has 0 saturated carbocycles. The van der Waals surface area contributed by atoms with Crippen molar-refractivity contribution in [1.29, 1.82) is 0 Å². The molecule has 176 valence electrons. The summed E-state index contributed by atoms with van der Waals surface area (Å²) < 4.78 is 39.2. The monoisotopic (exact) mass is 485 g/mol. The van der Waals surface area contributed by atoms with Gasteiger partial charge in [0, 0.05) is 16.7 Å². The van der Waals surface area contributed by atoms with Gasteiger partial charge in [0.15, 0.2) is 0 Å². The summed E-state index contributed by atoms with van der Waals surface area (Å²) in [5, 5.41) is 4.83. The summed E-state index contributed by atoms with van der Waals surface area (Å²) in [6.45, 7) is 6.20. The fourth-order valence-corrected chi connectivity index (χ4v) is 8.25. The van der Waals surface area contributed by atoms with Crippen molar-refractivity contribution >= 4 is 25.5 Å². The zero-order valence-electron chi connectivity index (χ0n) is 19.5. The van der Waals surface area contributed by atoms with Crippen molar-refractivity contribution in [1.82, 2.24) is 5.09 Å². The molecular formula is C26H33NO4P2. The van der Waals surface area contributed by atoms with E-state index in [1.165, 1.54) is 0 Å². The van der Waals surface area contributed by atoms with Crippen molar-refractivity contribution < 1.29 is 18.2 Å². The van der Waals surface area contributed by atoms with Crippen molar-refractivity contribution in [2.24, 2.45) is 0 Å². The van der Waals surface area contributed by atoms with Gasteiger partial charge in [0.1, 0.15) is 0 Å². The van der Waals surface area contributed by atoms with Crippen LogP contribution in [0.2, 0.25) is 0 Å². The fourth-order valence-electron chi connectivity index (χ4n) is 3.80. The zero-order chi connectivity index (χ0) is 23.7. The van der Waals surface area contributed by atoms with E-state index >= 15 is 0 Å². The highest BCUT2D eigenvalue weighted by molar-refractivity contribution is 7.77. The van der Waals surface area contributed by atoms with E-state index in [9.17, 15) is 9.13 Å². The number of benzene rings is 3. The lowest BCUT2D eigenvalue weighted by Gasteiger charge is -2.29. The summed E-state index contributed by atoms with van der Waals surface area (Å²) in [4.78, 5) is 0. The molecule has 0 heterocycles. The third-order valence-corrected chi connectivity index (χ3v) is 10.3. The average molecular weight is 486 g/mol. The topological polar surface area (TPSA) is 64.6 Å². The number of aryl methyl sites for hydroxylation is 1. The van der Waals surface area contributed by atoms with Crippen LogP contribution in [0, 0.1) is 6.92 Å². The minimum absolute atomic E-state index is 0.117. The van der Waals surface area contributed by atoms with Gasteiger partial charge in [0.2, 0.25) is 7.29 Å².